The van der Waals surface area contributed by atoms with E-state index in [9.17, 15) is 5.11 Å². The Hall–Kier alpha value is -1.20. The van der Waals surface area contributed by atoms with Crippen molar-refractivity contribution in [1.29, 1.82) is 0 Å². The number of furan rings is 1. The Labute approximate surface area is 72.2 Å². The molecule has 0 fully saturated rings. The fourth-order valence-corrected chi connectivity index (χ4v) is 0.709. The van der Waals surface area contributed by atoms with Crippen LogP contribution in [-0.4, -0.2) is 10.7 Å². The quantitative estimate of drug-likeness (QED) is 0.592. The number of hydrogen-bond donors (Lipinski definition) is 1. The van der Waals surface area contributed by atoms with Crippen LogP contribution < -0.4 is 0 Å². The molecular weight excluding hydrogens is 152 g/mol. The molecule has 1 heterocycles. The van der Waals surface area contributed by atoms with E-state index < -0.39 is 5.60 Å². The van der Waals surface area contributed by atoms with Crippen LogP contribution in [0.2, 0.25) is 0 Å². The van der Waals surface area contributed by atoms with E-state index in [2.05, 4.69) is 11.8 Å². The van der Waals surface area contributed by atoms with Gasteiger partial charge in [0, 0.05) is 5.56 Å². The van der Waals surface area contributed by atoms with Gasteiger partial charge >= 0.3 is 0 Å². The molecule has 1 rings (SSSR count). The van der Waals surface area contributed by atoms with Gasteiger partial charge in [0.15, 0.2) is 0 Å². The summed E-state index contributed by atoms with van der Waals surface area (Å²) in [5, 5.41) is 9.30. The van der Waals surface area contributed by atoms with E-state index in [0.29, 0.717) is 0 Å². The van der Waals surface area contributed by atoms with E-state index >= 15 is 0 Å². The van der Waals surface area contributed by atoms with Crippen molar-refractivity contribution in [3.63, 3.8) is 0 Å². The predicted molar refractivity (Wildman–Crippen MR) is 46.6 cm³/mol. The van der Waals surface area contributed by atoms with Crippen molar-refractivity contribution in [2.75, 3.05) is 0 Å². The molecule has 2 nitrogen and oxygen atoms in total. The number of aryl methyl sites for hydroxylation is 1. The van der Waals surface area contributed by atoms with Crippen molar-refractivity contribution in [1.82, 2.24) is 0 Å². The van der Waals surface area contributed by atoms with Gasteiger partial charge < -0.3 is 9.52 Å². The van der Waals surface area contributed by atoms with Gasteiger partial charge in [0.05, 0.1) is 11.8 Å². The molecule has 0 aliphatic carbocycles. The molecule has 64 valence electrons. The third kappa shape index (κ3) is 2.44. The number of rotatable bonds is 0. The molecule has 0 unspecified atom stereocenters. The van der Waals surface area contributed by atoms with Crippen molar-refractivity contribution in [3.8, 4) is 11.8 Å². The Morgan fingerprint density at radius 3 is 2.50 bits per heavy atom. The van der Waals surface area contributed by atoms with Crippen LogP contribution >= 0.6 is 0 Å². The molecule has 1 aromatic heterocycles. The molecule has 0 spiro atoms. The molecule has 0 amide bonds. The second kappa shape index (κ2) is 3.04. The zero-order valence-electron chi connectivity index (χ0n) is 7.51. The van der Waals surface area contributed by atoms with Gasteiger partial charge in [-0.05, 0) is 20.8 Å². The van der Waals surface area contributed by atoms with Crippen LogP contribution in [0.15, 0.2) is 16.9 Å². The predicted octanol–water partition coefficient (Wildman–Crippen LogP) is 1.71. The molecule has 0 saturated carbocycles. The van der Waals surface area contributed by atoms with Crippen molar-refractivity contribution < 1.29 is 9.52 Å². The summed E-state index contributed by atoms with van der Waals surface area (Å²) < 4.78 is 4.93. The Morgan fingerprint density at radius 1 is 1.42 bits per heavy atom. The molecule has 0 aromatic carbocycles. The molecule has 1 N–H and O–H groups in total. The molecule has 0 bridgehead atoms. The first-order valence-electron chi connectivity index (χ1n) is 3.77. The molecule has 2 heteroatoms. The average Bonchev–Trinajstić information content (AvgIpc) is 2.29. The summed E-state index contributed by atoms with van der Waals surface area (Å²) in [6.07, 6.45) is 3.21. The van der Waals surface area contributed by atoms with Gasteiger partial charge in [0.2, 0.25) is 0 Å². The van der Waals surface area contributed by atoms with E-state index in [1.807, 2.05) is 6.92 Å². The smallest absolute Gasteiger partial charge is 0.120 e. The highest BCUT2D eigenvalue weighted by molar-refractivity contribution is 5.38. The minimum absolute atomic E-state index is 0.831. The van der Waals surface area contributed by atoms with Crippen molar-refractivity contribution >= 4 is 0 Å². The van der Waals surface area contributed by atoms with Crippen molar-refractivity contribution in [3.05, 3.63) is 23.7 Å². The summed E-state index contributed by atoms with van der Waals surface area (Å²) in [5.41, 5.74) is 0.882. The monoisotopic (exact) mass is 164 g/mol. The normalized spacial score (nSPS) is 10.7. The molecule has 0 aliphatic heterocycles. The summed E-state index contributed by atoms with van der Waals surface area (Å²) in [6, 6.07) is 0. The fourth-order valence-electron chi connectivity index (χ4n) is 0.709. The summed E-state index contributed by atoms with van der Waals surface area (Å²) >= 11 is 0. The standard InChI is InChI=1S/C10H12O2/c1-8-6-12-7-9(8)4-5-10(2,3)11/h6-7,11H,1-3H3. The zero-order valence-corrected chi connectivity index (χ0v) is 7.51. The highest BCUT2D eigenvalue weighted by Crippen LogP contribution is 2.07. The van der Waals surface area contributed by atoms with Crippen molar-refractivity contribution in [2.24, 2.45) is 0 Å². The van der Waals surface area contributed by atoms with Gasteiger partial charge in [-0.25, -0.2) is 0 Å². The second-order valence-electron chi connectivity index (χ2n) is 3.28. The highest BCUT2D eigenvalue weighted by atomic mass is 16.3. The van der Waals surface area contributed by atoms with Crippen LogP contribution in [0.25, 0.3) is 0 Å². The Morgan fingerprint density at radius 2 is 2.08 bits per heavy atom. The second-order valence-corrected chi connectivity index (χ2v) is 3.28. The topological polar surface area (TPSA) is 33.4 Å². The lowest BCUT2D eigenvalue weighted by atomic mass is 10.1. The van der Waals surface area contributed by atoms with Gasteiger partial charge in [0.25, 0.3) is 0 Å². The lowest BCUT2D eigenvalue weighted by molar-refractivity contribution is 0.143. The molecule has 1 aromatic rings. The largest absolute Gasteiger partial charge is 0.471 e. The molecule has 12 heavy (non-hydrogen) atoms. The first-order chi connectivity index (χ1) is 5.49. The lowest BCUT2D eigenvalue weighted by Crippen LogP contribution is -2.14. The van der Waals surface area contributed by atoms with Crippen LogP contribution in [0.4, 0.5) is 0 Å². The molecule has 0 saturated heterocycles. The minimum atomic E-state index is -0.941. The van der Waals surface area contributed by atoms with E-state index in [1.54, 1.807) is 26.4 Å². The van der Waals surface area contributed by atoms with Gasteiger partial charge in [-0.15, -0.1) is 0 Å². The molecule has 0 atom stereocenters. The van der Waals surface area contributed by atoms with Gasteiger partial charge in [-0.3, -0.25) is 0 Å². The van der Waals surface area contributed by atoms with E-state index in [0.717, 1.165) is 11.1 Å². The first kappa shape index (κ1) is 8.89. The Balaban J connectivity index is 2.87. The van der Waals surface area contributed by atoms with Crippen LogP contribution in [-0.2, 0) is 0 Å². The van der Waals surface area contributed by atoms with Crippen LogP contribution in [0.5, 0.6) is 0 Å². The van der Waals surface area contributed by atoms with Gasteiger partial charge in [-0.1, -0.05) is 11.8 Å². The van der Waals surface area contributed by atoms with Gasteiger partial charge in [-0.2, -0.15) is 0 Å². The first-order valence-corrected chi connectivity index (χ1v) is 3.77. The van der Waals surface area contributed by atoms with Gasteiger partial charge in [0.1, 0.15) is 11.9 Å². The number of hydrogen-bond acceptors (Lipinski definition) is 2. The molecule has 0 radical (unpaired) electrons. The maximum Gasteiger partial charge on any atom is 0.120 e. The SMILES string of the molecule is Cc1cocc1C#CC(C)(C)O. The third-order valence-corrected chi connectivity index (χ3v) is 1.36. The third-order valence-electron chi connectivity index (χ3n) is 1.36. The average molecular weight is 164 g/mol. The van der Waals surface area contributed by atoms with E-state index in [4.69, 9.17) is 4.42 Å². The summed E-state index contributed by atoms with van der Waals surface area (Å²) in [7, 11) is 0. The van der Waals surface area contributed by atoms with E-state index in [-0.39, 0.29) is 0 Å². The Kier molecular flexibility index (Phi) is 2.25. The van der Waals surface area contributed by atoms with Crippen LogP contribution in [0, 0.1) is 18.8 Å². The number of aliphatic hydroxyl groups is 1. The minimum Gasteiger partial charge on any atom is -0.471 e. The van der Waals surface area contributed by atoms with Crippen molar-refractivity contribution in [2.45, 2.75) is 26.4 Å². The molecular formula is C10H12O2. The van der Waals surface area contributed by atoms with Crippen LogP contribution in [0.1, 0.15) is 25.0 Å². The van der Waals surface area contributed by atoms with Crippen LogP contribution in [0.3, 0.4) is 0 Å². The zero-order chi connectivity index (χ0) is 9.19. The summed E-state index contributed by atoms with van der Waals surface area (Å²) in [4.78, 5) is 0. The fraction of sp³-hybridized carbons (Fsp3) is 0.400. The molecule has 0 aliphatic rings. The Bertz CT molecular complexity index is 318. The lowest BCUT2D eigenvalue weighted by Gasteiger charge is -2.05. The van der Waals surface area contributed by atoms with E-state index in [1.165, 1.54) is 0 Å². The summed E-state index contributed by atoms with van der Waals surface area (Å²) in [6.45, 7) is 5.21. The highest BCUT2D eigenvalue weighted by Gasteiger charge is 2.06. The maximum absolute atomic E-state index is 9.30. The summed E-state index contributed by atoms with van der Waals surface area (Å²) in [5.74, 6) is 5.55. The maximum atomic E-state index is 9.30.